The van der Waals surface area contributed by atoms with Gasteiger partial charge in [-0.15, -0.1) is 0 Å². The minimum atomic E-state index is -3.06. The summed E-state index contributed by atoms with van der Waals surface area (Å²) < 4.78 is 24.2. The lowest BCUT2D eigenvalue weighted by molar-refractivity contribution is -0.132. The van der Waals surface area contributed by atoms with Crippen LogP contribution in [0.4, 0.5) is 0 Å². The highest BCUT2D eigenvalue weighted by Gasteiger charge is 2.29. The molecule has 5 nitrogen and oxygen atoms in total. The minimum Gasteiger partial charge on any atom is -0.340 e. The number of carbonyl (C=O) groups excluding carboxylic acids is 1. The van der Waals surface area contributed by atoms with Crippen molar-refractivity contribution in [1.29, 1.82) is 0 Å². The Balaban J connectivity index is 1.79. The predicted octanol–water partition coefficient (Wildman–Crippen LogP) is 0.508. The molecule has 0 aromatic rings. The van der Waals surface area contributed by atoms with Crippen LogP contribution in [0.5, 0.6) is 0 Å². The van der Waals surface area contributed by atoms with E-state index in [-0.39, 0.29) is 23.3 Å². The van der Waals surface area contributed by atoms with E-state index < -0.39 is 9.84 Å². The fourth-order valence-corrected chi connectivity index (χ4v) is 4.70. The zero-order chi connectivity index (χ0) is 13.9. The van der Waals surface area contributed by atoms with Crippen LogP contribution in [0.3, 0.4) is 0 Å². The lowest BCUT2D eigenvalue weighted by atomic mass is 10.3. The van der Waals surface area contributed by atoms with E-state index >= 15 is 0 Å². The van der Waals surface area contributed by atoms with Gasteiger partial charge in [-0.3, -0.25) is 4.79 Å². The standard InChI is InChI=1S/C13H24N2O3S/c1-14-7-9-15(10-8-14)13(16)6-11-19(17,18)12-4-2-3-5-12/h12H,2-11H2,1H3. The third kappa shape index (κ3) is 3.92. The molecule has 0 aromatic carbocycles. The van der Waals surface area contributed by atoms with Crippen molar-refractivity contribution >= 4 is 15.7 Å². The molecule has 0 unspecified atom stereocenters. The van der Waals surface area contributed by atoms with Gasteiger partial charge in [0.2, 0.25) is 5.91 Å². The van der Waals surface area contributed by atoms with Crippen LogP contribution in [-0.2, 0) is 14.6 Å². The second kappa shape index (κ2) is 6.22. The van der Waals surface area contributed by atoms with E-state index in [1.165, 1.54) is 0 Å². The third-order valence-corrected chi connectivity index (χ3v) is 6.53. The van der Waals surface area contributed by atoms with E-state index in [9.17, 15) is 13.2 Å². The molecule has 1 aliphatic heterocycles. The number of hydrogen-bond donors (Lipinski definition) is 0. The molecule has 0 N–H and O–H groups in total. The monoisotopic (exact) mass is 288 g/mol. The number of likely N-dealkylation sites (N-methyl/N-ethyl adjacent to an activating group) is 1. The fourth-order valence-electron chi connectivity index (χ4n) is 2.86. The van der Waals surface area contributed by atoms with Crippen molar-refractivity contribution in [2.75, 3.05) is 39.0 Å². The van der Waals surface area contributed by atoms with E-state index in [2.05, 4.69) is 4.90 Å². The minimum absolute atomic E-state index is 0.00493. The van der Waals surface area contributed by atoms with E-state index in [0.717, 1.165) is 51.9 Å². The Morgan fingerprint density at radius 2 is 1.68 bits per heavy atom. The normalized spacial score (nSPS) is 22.9. The van der Waals surface area contributed by atoms with E-state index in [4.69, 9.17) is 0 Å². The molecule has 0 spiro atoms. The maximum atomic E-state index is 12.1. The van der Waals surface area contributed by atoms with Crippen molar-refractivity contribution in [1.82, 2.24) is 9.80 Å². The summed E-state index contributed by atoms with van der Waals surface area (Å²) in [5, 5.41) is -0.187. The second-order valence-electron chi connectivity index (χ2n) is 5.71. The van der Waals surface area contributed by atoms with Gasteiger partial charge < -0.3 is 9.80 Å². The maximum Gasteiger partial charge on any atom is 0.223 e. The van der Waals surface area contributed by atoms with Gasteiger partial charge in [0.15, 0.2) is 9.84 Å². The molecule has 110 valence electrons. The molecular weight excluding hydrogens is 264 g/mol. The van der Waals surface area contributed by atoms with Gasteiger partial charge in [-0.25, -0.2) is 8.42 Å². The topological polar surface area (TPSA) is 57.7 Å². The largest absolute Gasteiger partial charge is 0.340 e. The van der Waals surface area contributed by atoms with Crippen molar-refractivity contribution in [3.8, 4) is 0 Å². The zero-order valence-electron chi connectivity index (χ0n) is 11.7. The van der Waals surface area contributed by atoms with Crippen molar-refractivity contribution in [2.45, 2.75) is 37.4 Å². The van der Waals surface area contributed by atoms with Crippen molar-refractivity contribution in [3.05, 3.63) is 0 Å². The molecule has 0 bridgehead atoms. The molecule has 1 saturated heterocycles. The van der Waals surface area contributed by atoms with Crippen LogP contribution in [0.25, 0.3) is 0 Å². The van der Waals surface area contributed by atoms with Crippen molar-refractivity contribution < 1.29 is 13.2 Å². The van der Waals surface area contributed by atoms with E-state index in [1.54, 1.807) is 4.90 Å². The highest BCUT2D eigenvalue weighted by atomic mass is 32.2. The van der Waals surface area contributed by atoms with Gasteiger partial charge in [0.25, 0.3) is 0 Å². The number of hydrogen-bond acceptors (Lipinski definition) is 4. The first kappa shape index (κ1) is 14.8. The Morgan fingerprint density at radius 3 is 2.26 bits per heavy atom. The van der Waals surface area contributed by atoms with Crippen LogP contribution in [-0.4, -0.2) is 68.4 Å². The molecule has 2 aliphatic rings. The number of carbonyl (C=O) groups is 1. The highest BCUT2D eigenvalue weighted by molar-refractivity contribution is 7.92. The van der Waals surface area contributed by atoms with Gasteiger partial charge in [-0.1, -0.05) is 12.8 Å². The summed E-state index contributed by atoms with van der Waals surface area (Å²) in [5.41, 5.74) is 0. The number of amides is 1. The first-order valence-electron chi connectivity index (χ1n) is 7.17. The Morgan fingerprint density at radius 1 is 1.11 bits per heavy atom. The first-order chi connectivity index (χ1) is 8.99. The van der Waals surface area contributed by atoms with Crippen LogP contribution >= 0.6 is 0 Å². The SMILES string of the molecule is CN1CCN(C(=O)CCS(=O)(=O)C2CCCC2)CC1. The number of rotatable bonds is 4. The molecule has 6 heteroatoms. The van der Waals surface area contributed by atoms with Crippen molar-refractivity contribution in [2.24, 2.45) is 0 Å². The lowest BCUT2D eigenvalue weighted by Gasteiger charge is -2.32. The zero-order valence-corrected chi connectivity index (χ0v) is 12.5. The molecule has 1 saturated carbocycles. The molecule has 2 fully saturated rings. The molecule has 0 atom stereocenters. The Kier molecular flexibility index (Phi) is 4.84. The molecular formula is C13H24N2O3S. The molecule has 0 aromatic heterocycles. The molecule has 1 amide bonds. The van der Waals surface area contributed by atoms with Gasteiger partial charge in [0.1, 0.15) is 0 Å². The number of sulfone groups is 1. The van der Waals surface area contributed by atoms with Crippen molar-refractivity contribution in [3.63, 3.8) is 0 Å². The van der Waals surface area contributed by atoms with Gasteiger partial charge in [0.05, 0.1) is 11.0 Å². The summed E-state index contributed by atoms with van der Waals surface area (Å²) in [5.74, 6) is 0.0257. The Labute approximate surface area is 115 Å². The molecule has 0 radical (unpaired) electrons. The average molecular weight is 288 g/mol. The van der Waals surface area contributed by atoms with Crippen LogP contribution < -0.4 is 0 Å². The van der Waals surface area contributed by atoms with Crippen LogP contribution in [0, 0.1) is 0 Å². The summed E-state index contributed by atoms with van der Waals surface area (Å²) in [6.07, 6.45) is 3.74. The predicted molar refractivity (Wildman–Crippen MR) is 74.7 cm³/mol. The van der Waals surface area contributed by atoms with Gasteiger partial charge in [-0.2, -0.15) is 0 Å². The third-order valence-electron chi connectivity index (χ3n) is 4.27. The van der Waals surface area contributed by atoms with Crippen LogP contribution in [0.2, 0.25) is 0 Å². The van der Waals surface area contributed by atoms with Crippen LogP contribution in [0.1, 0.15) is 32.1 Å². The van der Waals surface area contributed by atoms with E-state index in [0.29, 0.717) is 0 Å². The molecule has 2 rings (SSSR count). The second-order valence-corrected chi connectivity index (χ2v) is 8.11. The first-order valence-corrected chi connectivity index (χ1v) is 8.88. The fraction of sp³-hybridized carbons (Fsp3) is 0.923. The quantitative estimate of drug-likeness (QED) is 0.756. The maximum absolute atomic E-state index is 12.1. The van der Waals surface area contributed by atoms with E-state index in [1.807, 2.05) is 7.05 Å². The van der Waals surface area contributed by atoms with Crippen LogP contribution in [0.15, 0.2) is 0 Å². The summed E-state index contributed by atoms with van der Waals surface area (Å²) in [6, 6.07) is 0. The smallest absolute Gasteiger partial charge is 0.223 e. The number of piperazine rings is 1. The summed E-state index contributed by atoms with van der Waals surface area (Å²) in [4.78, 5) is 16.0. The average Bonchev–Trinajstić information content (AvgIpc) is 2.91. The Bertz CT molecular complexity index is 408. The highest BCUT2D eigenvalue weighted by Crippen LogP contribution is 2.25. The lowest BCUT2D eigenvalue weighted by Crippen LogP contribution is -2.47. The molecule has 1 heterocycles. The number of nitrogens with zero attached hydrogens (tertiary/aromatic N) is 2. The van der Waals surface area contributed by atoms with Gasteiger partial charge in [0, 0.05) is 32.6 Å². The molecule has 1 aliphatic carbocycles. The summed E-state index contributed by atoms with van der Waals surface area (Å²) in [7, 11) is -1.03. The molecule has 19 heavy (non-hydrogen) atoms. The summed E-state index contributed by atoms with van der Waals surface area (Å²) >= 11 is 0. The summed E-state index contributed by atoms with van der Waals surface area (Å²) in [6.45, 7) is 3.19. The van der Waals surface area contributed by atoms with Gasteiger partial charge in [-0.05, 0) is 19.9 Å². The van der Waals surface area contributed by atoms with Gasteiger partial charge >= 0.3 is 0 Å². The Hall–Kier alpha value is -0.620.